The molecule has 0 aromatic rings. The lowest BCUT2D eigenvalue weighted by Crippen LogP contribution is -2.41. The Morgan fingerprint density at radius 1 is 1.60 bits per heavy atom. The topological polar surface area (TPSA) is 65.4 Å². The molecule has 2 unspecified atom stereocenters. The quantitative estimate of drug-likeness (QED) is 0.362. The van der Waals surface area contributed by atoms with Crippen molar-refractivity contribution in [1.82, 2.24) is 10.2 Å². The Bertz CT molecular complexity index is 326. The van der Waals surface area contributed by atoms with Gasteiger partial charge < -0.3 is 10.1 Å². The van der Waals surface area contributed by atoms with Crippen molar-refractivity contribution in [2.75, 3.05) is 31.9 Å². The van der Waals surface area contributed by atoms with Crippen LogP contribution in [-0.4, -0.2) is 54.7 Å². The predicted octanol–water partition coefficient (Wildman–Crippen LogP) is 1.54. The molecule has 0 bridgehead atoms. The van der Waals surface area contributed by atoms with Gasteiger partial charge >= 0.3 is 0 Å². The highest BCUT2D eigenvalue weighted by molar-refractivity contribution is 7.80. The summed E-state index contributed by atoms with van der Waals surface area (Å²) in [5, 5.41) is 10.8. The molecule has 20 heavy (non-hydrogen) atoms. The maximum Gasteiger partial charge on any atom is 0.220 e. The van der Waals surface area contributed by atoms with E-state index < -0.39 is 0 Å². The summed E-state index contributed by atoms with van der Waals surface area (Å²) in [6.45, 7) is 7.71. The maximum absolute atomic E-state index is 11.4. The third kappa shape index (κ3) is 5.71. The SMILES string of the molecule is CCCN(CC)CC(CS)OC(=N)C1CCNC(=O)C1. The number of thiol groups is 1. The average Bonchev–Trinajstić information content (AvgIpc) is 2.45. The summed E-state index contributed by atoms with van der Waals surface area (Å²) in [7, 11) is 0. The van der Waals surface area contributed by atoms with Gasteiger partial charge in [-0.25, -0.2) is 0 Å². The number of amides is 1. The molecule has 116 valence electrons. The molecule has 0 radical (unpaired) electrons. The molecule has 0 aliphatic carbocycles. The Labute approximate surface area is 127 Å². The van der Waals surface area contributed by atoms with Crippen LogP contribution in [0.2, 0.25) is 0 Å². The number of hydrogen-bond donors (Lipinski definition) is 3. The van der Waals surface area contributed by atoms with E-state index in [1.807, 2.05) is 0 Å². The number of nitrogens with one attached hydrogen (secondary N) is 2. The molecular weight excluding hydrogens is 274 g/mol. The Morgan fingerprint density at radius 3 is 2.90 bits per heavy atom. The van der Waals surface area contributed by atoms with Crippen molar-refractivity contribution in [3.63, 3.8) is 0 Å². The van der Waals surface area contributed by atoms with Crippen LogP contribution < -0.4 is 5.32 Å². The monoisotopic (exact) mass is 301 g/mol. The molecule has 0 saturated carbocycles. The van der Waals surface area contributed by atoms with Crippen molar-refractivity contribution in [2.45, 2.75) is 39.2 Å². The minimum absolute atomic E-state index is 0.0122. The van der Waals surface area contributed by atoms with E-state index in [9.17, 15) is 4.79 Å². The Hall–Kier alpha value is -0.750. The Morgan fingerprint density at radius 2 is 2.35 bits per heavy atom. The number of carbonyl (C=O) groups is 1. The minimum atomic E-state index is -0.0812. The standard InChI is InChI=1S/C14H27N3O2S/c1-3-7-17(4-2)9-12(10-20)19-14(15)11-5-6-16-13(18)8-11/h11-12,15,20H,3-10H2,1-2H3,(H,16,18). The van der Waals surface area contributed by atoms with E-state index in [0.29, 0.717) is 18.7 Å². The van der Waals surface area contributed by atoms with E-state index in [1.54, 1.807) is 0 Å². The molecule has 6 heteroatoms. The summed E-state index contributed by atoms with van der Waals surface area (Å²) in [5.74, 6) is 0.763. The average molecular weight is 301 g/mol. The van der Waals surface area contributed by atoms with Crippen molar-refractivity contribution < 1.29 is 9.53 Å². The molecule has 5 nitrogen and oxygen atoms in total. The zero-order valence-corrected chi connectivity index (χ0v) is 13.4. The van der Waals surface area contributed by atoms with Crippen molar-refractivity contribution >= 4 is 24.4 Å². The largest absolute Gasteiger partial charge is 0.475 e. The normalized spacial score (nSPS) is 20.6. The smallest absolute Gasteiger partial charge is 0.220 e. The lowest BCUT2D eigenvalue weighted by Gasteiger charge is -2.29. The van der Waals surface area contributed by atoms with Crippen LogP contribution in [0.15, 0.2) is 0 Å². The van der Waals surface area contributed by atoms with Gasteiger partial charge in [-0.1, -0.05) is 13.8 Å². The first kappa shape index (κ1) is 17.3. The fourth-order valence-corrected chi connectivity index (χ4v) is 2.59. The molecule has 1 fully saturated rings. The summed E-state index contributed by atoms with van der Waals surface area (Å²) in [6.07, 6.45) is 2.18. The summed E-state index contributed by atoms with van der Waals surface area (Å²) < 4.78 is 5.75. The van der Waals surface area contributed by atoms with Gasteiger partial charge in [0, 0.05) is 31.2 Å². The molecular formula is C14H27N3O2S. The van der Waals surface area contributed by atoms with Gasteiger partial charge in [0.05, 0.1) is 0 Å². The van der Waals surface area contributed by atoms with Gasteiger partial charge in [-0.15, -0.1) is 0 Å². The van der Waals surface area contributed by atoms with Crippen LogP contribution >= 0.6 is 12.6 Å². The first-order chi connectivity index (χ1) is 9.60. The van der Waals surface area contributed by atoms with Crippen molar-refractivity contribution in [3.05, 3.63) is 0 Å². The van der Waals surface area contributed by atoms with Gasteiger partial charge in [-0.05, 0) is 25.9 Å². The minimum Gasteiger partial charge on any atom is -0.475 e. The zero-order valence-electron chi connectivity index (χ0n) is 12.5. The fraction of sp³-hybridized carbons (Fsp3) is 0.857. The van der Waals surface area contributed by atoms with Gasteiger partial charge in [0.25, 0.3) is 0 Å². The number of piperidine rings is 1. The van der Waals surface area contributed by atoms with Gasteiger partial charge in [-0.3, -0.25) is 15.1 Å². The van der Waals surface area contributed by atoms with Crippen LogP contribution in [-0.2, 0) is 9.53 Å². The van der Waals surface area contributed by atoms with Crippen molar-refractivity contribution in [3.8, 4) is 0 Å². The second kappa shape index (κ2) is 9.23. The molecule has 0 aromatic heterocycles. The summed E-state index contributed by atoms with van der Waals surface area (Å²) in [6, 6.07) is 0. The molecule has 1 aliphatic heterocycles. The molecule has 2 atom stereocenters. The summed E-state index contributed by atoms with van der Waals surface area (Å²) in [4.78, 5) is 13.7. The van der Waals surface area contributed by atoms with E-state index in [2.05, 4.69) is 36.7 Å². The van der Waals surface area contributed by atoms with Gasteiger partial charge in [0.2, 0.25) is 5.91 Å². The molecule has 1 rings (SSSR count). The lowest BCUT2D eigenvalue weighted by atomic mass is 9.97. The van der Waals surface area contributed by atoms with E-state index >= 15 is 0 Å². The number of rotatable bonds is 8. The van der Waals surface area contributed by atoms with Crippen LogP contribution in [0.4, 0.5) is 0 Å². The molecule has 1 amide bonds. The highest BCUT2D eigenvalue weighted by atomic mass is 32.1. The van der Waals surface area contributed by atoms with E-state index in [-0.39, 0.29) is 23.8 Å². The van der Waals surface area contributed by atoms with Crippen molar-refractivity contribution in [1.29, 1.82) is 5.41 Å². The first-order valence-corrected chi connectivity index (χ1v) is 8.08. The number of carbonyl (C=O) groups excluding carboxylic acids is 1. The molecule has 0 spiro atoms. The third-order valence-electron chi connectivity index (χ3n) is 3.56. The molecule has 1 heterocycles. The van der Waals surface area contributed by atoms with Crippen molar-refractivity contribution in [2.24, 2.45) is 5.92 Å². The van der Waals surface area contributed by atoms with E-state index in [4.69, 9.17) is 10.1 Å². The highest BCUT2D eigenvalue weighted by Crippen LogP contribution is 2.16. The van der Waals surface area contributed by atoms with E-state index in [1.165, 1.54) is 0 Å². The fourth-order valence-electron chi connectivity index (χ4n) is 2.40. The number of hydrogen-bond acceptors (Lipinski definition) is 5. The molecule has 1 aliphatic rings. The Balaban J connectivity index is 2.45. The van der Waals surface area contributed by atoms with Crippen LogP contribution in [0.25, 0.3) is 0 Å². The number of ether oxygens (including phenoxy) is 1. The zero-order chi connectivity index (χ0) is 15.0. The molecule has 1 saturated heterocycles. The summed E-state index contributed by atoms with van der Waals surface area (Å²) in [5.41, 5.74) is 0. The van der Waals surface area contributed by atoms with Crippen LogP contribution in [0.5, 0.6) is 0 Å². The van der Waals surface area contributed by atoms with Crippen LogP contribution in [0.3, 0.4) is 0 Å². The van der Waals surface area contributed by atoms with Gasteiger partial charge in [-0.2, -0.15) is 12.6 Å². The van der Waals surface area contributed by atoms with Crippen LogP contribution in [0, 0.1) is 11.3 Å². The van der Waals surface area contributed by atoms with Crippen LogP contribution in [0.1, 0.15) is 33.1 Å². The molecule has 0 aromatic carbocycles. The number of nitrogens with zero attached hydrogens (tertiary/aromatic N) is 1. The van der Waals surface area contributed by atoms with E-state index in [0.717, 1.165) is 32.5 Å². The second-order valence-corrected chi connectivity index (χ2v) is 5.58. The molecule has 2 N–H and O–H groups in total. The number of likely N-dealkylation sites (N-methyl/N-ethyl adjacent to an activating group) is 1. The predicted molar refractivity (Wildman–Crippen MR) is 84.6 cm³/mol. The lowest BCUT2D eigenvalue weighted by molar-refractivity contribution is -0.123. The van der Waals surface area contributed by atoms with Gasteiger partial charge in [0.1, 0.15) is 6.10 Å². The first-order valence-electron chi connectivity index (χ1n) is 7.45. The summed E-state index contributed by atoms with van der Waals surface area (Å²) >= 11 is 4.33. The Kier molecular flexibility index (Phi) is 7.99. The van der Waals surface area contributed by atoms with Gasteiger partial charge in [0.15, 0.2) is 5.90 Å². The third-order valence-corrected chi connectivity index (χ3v) is 3.97. The second-order valence-electron chi connectivity index (χ2n) is 5.22. The highest BCUT2D eigenvalue weighted by Gasteiger charge is 2.26. The maximum atomic E-state index is 11.4.